The van der Waals surface area contributed by atoms with Crippen molar-refractivity contribution in [3.8, 4) is 0 Å². The normalized spacial score (nSPS) is 11.5. The summed E-state index contributed by atoms with van der Waals surface area (Å²) in [5.74, 6) is -2.20. The Labute approximate surface area is 114 Å². The third-order valence-corrected chi connectivity index (χ3v) is 0.986. The molecule has 0 aliphatic carbocycles. The predicted molar refractivity (Wildman–Crippen MR) is 47.9 cm³/mol. The predicted octanol–water partition coefficient (Wildman–Crippen LogP) is -4.55. The maximum absolute atomic E-state index is 9.99. The van der Waals surface area contributed by atoms with Gasteiger partial charge < -0.3 is 32.1 Å². The van der Waals surface area contributed by atoms with Gasteiger partial charge in [0.2, 0.25) is 0 Å². The third kappa shape index (κ3) is 29.2. The van der Waals surface area contributed by atoms with Gasteiger partial charge in [-0.15, -0.1) is 0 Å². The molecule has 0 radical (unpaired) electrons. The first-order valence-electron chi connectivity index (χ1n) is 3.52. The molecular weight excluding hydrogens is 256 g/mol. The van der Waals surface area contributed by atoms with Gasteiger partial charge in [0, 0.05) is 6.42 Å². The summed E-state index contributed by atoms with van der Waals surface area (Å²) in [7, 11) is -4.64. The summed E-state index contributed by atoms with van der Waals surface area (Å²) >= 11 is 0. The van der Waals surface area contributed by atoms with Crippen LogP contribution < -0.4 is 35.3 Å². The summed E-state index contributed by atoms with van der Waals surface area (Å²) in [6, 6.07) is -1.06. The van der Waals surface area contributed by atoms with Crippen molar-refractivity contribution in [3.05, 3.63) is 0 Å². The maximum atomic E-state index is 9.99. The van der Waals surface area contributed by atoms with Crippen LogP contribution in [-0.4, -0.2) is 42.9 Å². The van der Waals surface area contributed by atoms with Crippen LogP contribution in [0.3, 0.4) is 0 Å². The van der Waals surface area contributed by atoms with Crippen molar-refractivity contribution in [1.82, 2.24) is 0 Å². The topological polar surface area (TPSA) is 178 Å². The molecule has 0 aromatic carbocycles. The maximum Gasteiger partial charge on any atom is 1.00 e. The van der Waals surface area contributed by atoms with Crippen LogP contribution in [0.5, 0.6) is 0 Å². The van der Waals surface area contributed by atoms with Crippen molar-refractivity contribution in [2.45, 2.75) is 18.9 Å². The number of carboxylic acids is 2. The van der Waals surface area contributed by atoms with E-state index >= 15 is 0 Å². The second kappa shape index (κ2) is 10.2. The Hall–Kier alpha value is 0.01000. The van der Waals surface area contributed by atoms with Crippen molar-refractivity contribution in [2.75, 3.05) is 0 Å². The van der Waals surface area contributed by atoms with E-state index < -0.39 is 25.8 Å². The summed E-state index contributed by atoms with van der Waals surface area (Å²) in [4.78, 5) is 41.4. The summed E-state index contributed by atoms with van der Waals surface area (Å²) in [5.41, 5.74) is 5.00. The number of phosphoric acid groups is 1. The smallest absolute Gasteiger partial charge is 1.00 e. The molecule has 0 saturated heterocycles. The standard InChI is InChI=1S/C5H9NO4.Na.H3O4P.H/c6-3(5(9)10)1-2-4(7)8;;1-5(2,3)4;/h3H,1-2,6H2,(H,7,8)(H,9,10);;(H3,1,2,3,4);/q;+1;;-1. The van der Waals surface area contributed by atoms with Crippen LogP contribution in [0.2, 0.25) is 0 Å². The number of aliphatic carboxylic acids is 2. The Morgan fingerprint density at radius 3 is 1.75 bits per heavy atom. The van der Waals surface area contributed by atoms with Crippen LogP contribution in [0.1, 0.15) is 14.3 Å². The Morgan fingerprint density at radius 2 is 1.56 bits per heavy atom. The summed E-state index contributed by atoms with van der Waals surface area (Å²) in [6.07, 6.45) is -0.224. The van der Waals surface area contributed by atoms with Crippen molar-refractivity contribution < 1.29 is 70.0 Å². The van der Waals surface area contributed by atoms with Gasteiger partial charge in [0.25, 0.3) is 0 Å². The van der Waals surface area contributed by atoms with Crippen LogP contribution >= 0.6 is 7.82 Å². The minimum Gasteiger partial charge on any atom is -1.00 e. The molecule has 1 unspecified atom stereocenters. The molecule has 9 nitrogen and oxygen atoms in total. The van der Waals surface area contributed by atoms with E-state index in [9.17, 15) is 9.59 Å². The Morgan fingerprint density at radius 1 is 1.25 bits per heavy atom. The summed E-state index contributed by atoms with van der Waals surface area (Å²) < 4.78 is 8.88. The van der Waals surface area contributed by atoms with Crippen molar-refractivity contribution in [2.24, 2.45) is 5.73 Å². The van der Waals surface area contributed by atoms with Gasteiger partial charge >= 0.3 is 49.3 Å². The third-order valence-electron chi connectivity index (χ3n) is 0.986. The molecule has 11 heteroatoms. The molecule has 0 amide bonds. The fraction of sp³-hybridized carbons (Fsp3) is 0.600. The van der Waals surface area contributed by atoms with Crippen LogP contribution in [-0.2, 0) is 14.2 Å². The van der Waals surface area contributed by atoms with Gasteiger partial charge in [0.15, 0.2) is 0 Å². The molecule has 0 fully saturated rings. The van der Waals surface area contributed by atoms with E-state index in [0.717, 1.165) is 0 Å². The van der Waals surface area contributed by atoms with Gasteiger partial charge in [-0.1, -0.05) is 0 Å². The van der Waals surface area contributed by atoms with Gasteiger partial charge in [-0.3, -0.25) is 9.59 Å². The van der Waals surface area contributed by atoms with Gasteiger partial charge in [-0.25, -0.2) is 4.57 Å². The van der Waals surface area contributed by atoms with E-state index in [0.29, 0.717) is 0 Å². The Bertz CT molecular complexity index is 262. The molecule has 0 heterocycles. The Kier molecular flexibility index (Phi) is 13.6. The fourth-order valence-electron chi connectivity index (χ4n) is 0.402. The zero-order valence-electron chi connectivity index (χ0n) is 9.48. The number of hydrogen-bond donors (Lipinski definition) is 6. The first-order chi connectivity index (χ1) is 6.54. The van der Waals surface area contributed by atoms with Crippen LogP contribution in [0.4, 0.5) is 0 Å². The molecule has 0 spiro atoms. The molecule has 7 N–H and O–H groups in total. The van der Waals surface area contributed by atoms with Crippen molar-refractivity contribution in [1.29, 1.82) is 0 Å². The second-order valence-corrected chi connectivity index (χ2v) is 3.42. The van der Waals surface area contributed by atoms with E-state index in [4.69, 9.17) is 35.2 Å². The van der Waals surface area contributed by atoms with Crippen LogP contribution in [0.25, 0.3) is 0 Å². The number of rotatable bonds is 4. The van der Waals surface area contributed by atoms with Gasteiger partial charge in [0.05, 0.1) is 0 Å². The molecule has 1 atom stereocenters. The van der Waals surface area contributed by atoms with Crippen molar-refractivity contribution >= 4 is 19.8 Å². The van der Waals surface area contributed by atoms with Gasteiger partial charge in [0.1, 0.15) is 6.04 Å². The molecule has 0 aliphatic heterocycles. The number of hydrogen-bond acceptors (Lipinski definition) is 4. The van der Waals surface area contributed by atoms with E-state index in [1.807, 2.05) is 0 Å². The Balaban J connectivity index is -0.000000105. The minimum atomic E-state index is -4.64. The van der Waals surface area contributed by atoms with Gasteiger partial charge in [-0.2, -0.15) is 0 Å². The zero-order valence-corrected chi connectivity index (χ0v) is 11.4. The molecule has 0 rings (SSSR count). The quantitative estimate of drug-likeness (QED) is 0.216. The van der Waals surface area contributed by atoms with Crippen LogP contribution in [0, 0.1) is 0 Å². The molecule has 0 aromatic rings. The monoisotopic (exact) mass is 269 g/mol. The first kappa shape index (κ1) is 21.3. The number of carboxylic acid groups (broad SMARTS) is 2. The molecule has 92 valence electrons. The first-order valence-corrected chi connectivity index (χ1v) is 5.09. The van der Waals surface area contributed by atoms with E-state index in [2.05, 4.69) is 0 Å². The summed E-state index contributed by atoms with van der Waals surface area (Å²) in [6.45, 7) is 0. The fourth-order valence-corrected chi connectivity index (χ4v) is 0.402. The average molecular weight is 269 g/mol. The van der Waals surface area contributed by atoms with Crippen LogP contribution in [0.15, 0.2) is 0 Å². The molecule has 0 saturated carbocycles. The molecule has 0 aromatic heterocycles. The minimum absolute atomic E-state index is 0. The number of nitrogens with two attached hydrogens (primary N) is 1. The molecule has 0 aliphatic rings. The molecule has 16 heavy (non-hydrogen) atoms. The molecule has 0 bridgehead atoms. The zero-order chi connectivity index (χ0) is 12.6. The summed E-state index contributed by atoms with van der Waals surface area (Å²) in [5, 5.41) is 16.3. The largest absolute Gasteiger partial charge is 1.00 e. The second-order valence-electron chi connectivity index (χ2n) is 2.39. The van der Waals surface area contributed by atoms with E-state index in [1.54, 1.807) is 0 Å². The average Bonchev–Trinajstić information content (AvgIpc) is 1.96. The van der Waals surface area contributed by atoms with Gasteiger partial charge in [-0.05, 0) is 6.42 Å². The van der Waals surface area contributed by atoms with E-state index in [-0.39, 0.29) is 43.8 Å². The number of carbonyl (C=O) groups is 2. The van der Waals surface area contributed by atoms with Crippen molar-refractivity contribution in [3.63, 3.8) is 0 Å². The molecular formula is C5H13NNaO8P. The van der Waals surface area contributed by atoms with E-state index in [1.165, 1.54) is 0 Å². The SMILES string of the molecule is NC(CCC(=O)O)C(=O)O.O=P(O)(O)O.[H-].[Na+].